The minimum absolute atomic E-state index is 0.0183. The van der Waals surface area contributed by atoms with Gasteiger partial charge in [-0.25, -0.2) is 0 Å². The molecule has 6 nitrogen and oxygen atoms in total. The molecule has 2 N–H and O–H groups in total. The van der Waals surface area contributed by atoms with Crippen LogP contribution in [0, 0.1) is 6.92 Å². The van der Waals surface area contributed by atoms with Gasteiger partial charge in [-0.3, -0.25) is 14.4 Å². The van der Waals surface area contributed by atoms with Crippen molar-refractivity contribution in [2.45, 2.75) is 6.92 Å². The van der Waals surface area contributed by atoms with E-state index in [4.69, 9.17) is 16.3 Å². The van der Waals surface area contributed by atoms with E-state index in [2.05, 4.69) is 10.6 Å². The van der Waals surface area contributed by atoms with Crippen LogP contribution in [-0.2, 0) is 19.1 Å². The zero-order chi connectivity index (χ0) is 19.6. The fourth-order valence-electron chi connectivity index (χ4n) is 1.98. The normalized spacial score (nSPS) is 10.1. The Morgan fingerprint density at radius 3 is 2.07 bits per heavy atom. The van der Waals surface area contributed by atoms with Gasteiger partial charge in [0.1, 0.15) is 0 Å². The molecule has 2 amide bonds. The van der Waals surface area contributed by atoms with E-state index in [0.29, 0.717) is 16.4 Å². The summed E-state index contributed by atoms with van der Waals surface area (Å²) in [6, 6.07) is 14.0. The van der Waals surface area contributed by atoms with Crippen LogP contribution in [0.5, 0.6) is 0 Å². The number of halogens is 1. The Hall–Kier alpha value is -2.51. The lowest BCUT2D eigenvalue weighted by Gasteiger charge is -2.07. The van der Waals surface area contributed by atoms with Crippen LogP contribution >= 0.6 is 23.4 Å². The topological polar surface area (TPSA) is 84.5 Å². The molecule has 0 spiro atoms. The minimum atomic E-state index is -0.561. The standard InChI is InChI=1S/C19H19ClN2O4S/c1-13-2-6-15(7-3-13)22-18(24)11-27-12-19(25)26-10-17(23)21-16-8-4-14(20)5-9-16/h2-9H,10-12H2,1H3,(H,21,23)(H,22,24). The highest BCUT2D eigenvalue weighted by atomic mass is 35.5. The molecule has 0 saturated carbocycles. The predicted octanol–water partition coefficient (Wildman–Crippen LogP) is 3.50. The molecule has 27 heavy (non-hydrogen) atoms. The van der Waals surface area contributed by atoms with E-state index in [1.54, 1.807) is 24.3 Å². The van der Waals surface area contributed by atoms with Crippen LogP contribution < -0.4 is 10.6 Å². The van der Waals surface area contributed by atoms with Crippen LogP contribution in [0.15, 0.2) is 48.5 Å². The van der Waals surface area contributed by atoms with Gasteiger partial charge in [-0.2, -0.15) is 0 Å². The van der Waals surface area contributed by atoms with Crippen LogP contribution in [0.1, 0.15) is 5.56 Å². The summed E-state index contributed by atoms with van der Waals surface area (Å²) in [7, 11) is 0. The van der Waals surface area contributed by atoms with Crippen molar-refractivity contribution in [1.82, 2.24) is 0 Å². The highest BCUT2D eigenvalue weighted by Crippen LogP contribution is 2.13. The summed E-state index contributed by atoms with van der Waals surface area (Å²) in [5.74, 6) is -1.13. The summed E-state index contributed by atoms with van der Waals surface area (Å²) in [5, 5.41) is 5.88. The molecular formula is C19H19ClN2O4S. The predicted molar refractivity (Wildman–Crippen MR) is 108 cm³/mol. The third-order valence-corrected chi connectivity index (χ3v) is 4.44. The summed E-state index contributed by atoms with van der Waals surface area (Å²) < 4.78 is 4.88. The molecule has 0 aliphatic rings. The van der Waals surface area contributed by atoms with Gasteiger partial charge >= 0.3 is 5.97 Å². The van der Waals surface area contributed by atoms with E-state index >= 15 is 0 Å². The summed E-state index contributed by atoms with van der Waals surface area (Å²) in [6.45, 7) is 1.57. The molecule has 0 aromatic heterocycles. The van der Waals surface area contributed by atoms with Gasteiger partial charge in [0.15, 0.2) is 6.61 Å². The maximum Gasteiger partial charge on any atom is 0.316 e. The van der Waals surface area contributed by atoms with Gasteiger partial charge in [-0.15, -0.1) is 11.8 Å². The molecule has 2 aromatic rings. The zero-order valence-corrected chi connectivity index (χ0v) is 16.2. The Labute approximate surface area is 166 Å². The number of esters is 1. The Morgan fingerprint density at radius 2 is 1.44 bits per heavy atom. The maximum atomic E-state index is 11.8. The van der Waals surface area contributed by atoms with Crippen molar-refractivity contribution in [3.05, 3.63) is 59.1 Å². The SMILES string of the molecule is Cc1ccc(NC(=O)CSCC(=O)OCC(=O)Nc2ccc(Cl)cc2)cc1. The van der Waals surface area contributed by atoms with Crippen LogP contribution in [0.4, 0.5) is 11.4 Å². The van der Waals surface area contributed by atoms with Gasteiger partial charge in [0.25, 0.3) is 5.91 Å². The first-order valence-corrected chi connectivity index (χ1v) is 9.61. The van der Waals surface area contributed by atoms with Gasteiger partial charge in [-0.1, -0.05) is 29.3 Å². The molecule has 0 radical (unpaired) electrons. The second kappa shape index (κ2) is 10.6. The second-order valence-electron chi connectivity index (χ2n) is 5.62. The number of hydrogen-bond acceptors (Lipinski definition) is 5. The third-order valence-electron chi connectivity index (χ3n) is 3.28. The Balaban J connectivity index is 1.61. The van der Waals surface area contributed by atoms with E-state index in [-0.39, 0.29) is 17.4 Å². The number of amides is 2. The average Bonchev–Trinajstić information content (AvgIpc) is 2.64. The van der Waals surface area contributed by atoms with Crippen molar-refractivity contribution in [2.24, 2.45) is 0 Å². The molecule has 2 aromatic carbocycles. The van der Waals surface area contributed by atoms with Crippen LogP contribution in [0.25, 0.3) is 0 Å². The maximum absolute atomic E-state index is 11.8. The van der Waals surface area contributed by atoms with Crippen molar-refractivity contribution in [2.75, 3.05) is 28.7 Å². The number of aryl methyl sites for hydroxylation is 1. The number of rotatable bonds is 8. The number of benzene rings is 2. The van der Waals surface area contributed by atoms with Gasteiger partial charge < -0.3 is 15.4 Å². The quantitative estimate of drug-likeness (QED) is 0.655. The van der Waals surface area contributed by atoms with E-state index in [1.807, 2.05) is 31.2 Å². The van der Waals surface area contributed by atoms with Crippen molar-refractivity contribution in [3.8, 4) is 0 Å². The molecule has 142 valence electrons. The van der Waals surface area contributed by atoms with Crippen LogP contribution in [0.2, 0.25) is 5.02 Å². The third kappa shape index (κ3) is 8.15. The average molecular weight is 407 g/mol. The number of carbonyl (C=O) groups excluding carboxylic acids is 3. The number of hydrogen-bond donors (Lipinski definition) is 2. The van der Waals surface area contributed by atoms with Crippen molar-refractivity contribution in [1.29, 1.82) is 0 Å². The first-order chi connectivity index (χ1) is 12.9. The van der Waals surface area contributed by atoms with E-state index in [9.17, 15) is 14.4 Å². The highest BCUT2D eigenvalue weighted by molar-refractivity contribution is 8.00. The van der Waals surface area contributed by atoms with Gasteiger partial charge in [0.05, 0.1) is 11.5 Å². The fourth-order valence-corrected chi connectivity index (χ4v) is 2.71. The fraction of sp³-hybridized carbons (Fsp3) is 0.211. The molecule has 2 rings (SSSR count). The number of anilines is 2. The minimum Gasteiger partial charge on any atom is -0.455 e. The summed E-state index contributed by atoms with van der Waals surface area (Å²) in [5.41, 5.74) is 2.36. The van der Waals surface area contributed by atoms with E-state index < -0.39 is 18.5 Å². The molecule has 0 bridgehead atoms. The van der Waals surface area contributed by atoms with Crippen molar-refractivity contribution < 1.29 is 19.1 Å². The second-order valence-corrected chi connectivity index (χ2v) is 7.04. The molecule has 8 heteroatoms. The van der Waals surface area contributed by atoms with Gasteiger partial charge in [-0.05, 0) is 43.3 Å². The molecular weight excluding hydrogens is 388 g/mol. The summed E-state index contributed by atoms with van der Waals surface area (Å²) in [4.78, 5) is 35.2. The number of thioether (sulfide) groups is 1. The highest BCUT2D eigenvalue weighted by Gasteiger charge is 2.10. The van der Waals surface area contributed by atoms with Gasteiger partial charge in [0.2, 0.25) is 5.91 Å². The van der Waals surface area contributed by atoms with Crippen LogP contribution in [-0.4, -0.2) is 35.9 Å². The lowest BCUT2D eigenvalue weighted by Crippen LogP contribution is -2.22. The number of ether oxygens (including phenoxy) is 1. The lowest BCUT2D eigenvalue weighted by molar-refractivity contribution is -0.144. The Bertz CT molecular complexity index is 794. The van der Waals surface area contributed by atoms with Gasteiger partial charge in [0, 0.05) is 16.4 Å². The largest absolute Gasteiger partial charge is 0.455 e. The number of nitrogens with one attached hydrogen (secondary N) is 2. The molecule has 0 atom stereocenters. The zero-order valence-electron chi connectivity index (χ0n) is 14.7. The first-order valence-electron chi connectivity index (χ1n) is 8.07. The van der Waals surface area contributed by atoms with Crippen LogP contribution in [0.3, 0.4) is 0 Å². The molecule has 0 unspecified atom stereocenters. The van der Waals surface area contributed by atoms with E-state index in [1.165, 1.54) is 0 Å². The van der Waals surface area contributed by atoms with E-state index in [0.717, 1.165) is 17.3 Å². The summed E-state index contributed by atoms with van der Waals surface area (Å²) >= 11 is 6.88. The smallest absolute Gasteiger partial charge is 0.316 e. The first kappa shape index (κ1) is 20.8. The lowest BCUT2D eigenvalue weighted by atomic mass is 10.2. The monoisotopic (exact) mass is 406 g/mol. The molecule has 0 aliphatic heterocycles. The molecule has 0 aliphatic carbocycles. The Morgan fingerprint density at radius 1 is 0.889 bits per heavy atom. The Kier molecular flexibility index (Phi) is 8.16. The molecule has 0 heterocycles. The number of carbonyl (C=O) groups is 3. The molecule has 0 saturated heterocycles. The summed E-state index contributed by atoms with van der Waals surface area (Å²) in [6.07, 6.45) is 0. The molecule has 0 fully saturated rings. The van der Waals surface area contributed by atoms with Crippen molar-refractivity contribution >= 4 is 52.5 Å². The van der Waals surface area contributed by atoms with Crippen molar-refractivity contribution in [3.63, 3.8) is 0 Å².